The van der Waals surface area contributed by atoms with E-state index < -0.39 is 24.2 Å². The summed E-state index contributed by atoms with van der Waals surface area (Å²) in [5.41, 5.74) is 2.15. The van der Waals surface area contributed by atoms with Gasteiger partial charge in [-0.3, -0.25) is 0 Å². The average Bonchev–Trinajstić information content (AvgIpc) is 2.64. The lowest BCUT2D eigenvalue weighted by atomic mass is 9.49. The van der Waals surface area contributed by atoms with E-state index in [0.29, 0.717) is 5.02 Å². The second-order valence-electron chi connectivity index (χ2n) is 9.63. The van der Waals surface area contributed by atoms with Gasteiger partial charge < -0.3 is 9.31 Å². The molecule has 0 N–H and O–H groups in total. The summed E-state index contributed by atoms with van der Waals surface area (Å²) in [5.74, 6) is -2.17. The maximum absolute atomic E-state index is 13.2. The van der Waals surface area contributed by atoms with Gasteiger partial charge in [0, 0.05) is 17.9 Å². The van der Waals surface area contributed by atoms with Gasteiger partial charge in [-0.05, 0) is 75.9 Å². The summed E-state index contributed by atoms with van der Waals surface area (Å²) in [6.45, 7) is 10.1. The Labute approximate surface area is 159 Å². The molecule has 0 bridgehead atoms. The molecule has 0 aromatic heterocycles. The molecule has 3 aliphatic rings. The van der Waals surface area contributed by atoms with Gasteiger partial charge >= 0.3 is 7.12 Å². The summed E-state index contributed by atoms with van der Waals surface area (Å²) in [6.07, 6.45) is 1.72. The Morgan fingerprint density at radius 3 is 2.08 bits per heavy atom. The van der Waals surface area contributed by atoms with Gasteiger partial charge in [-0.15, -0.1) is 0 Å². The number of hydrogen-bond acceptors (Lipinski definition) is 2. The van der Waals surface area contributed by atoms with Crippen LogP contribution in [-0.4, -0.2) is 24.2 Å². The zero-order valence-electron chi connectivity index (χ0n) is 16.1. The molecule has 1 aliphatic heterocycles. The van der Waals surface area contributed by atoms with E-state index in [1.165, 1.54) is 0 Å². The first-order valence-corrected chi connectivity index (χ1v) is 9.74. The first-order valence-electron chi connectivity index (χ1n) is 9.37. The third kappa shape index (κ3) is 2.82. The molecule has 2 aliphatic carbocycles. The van der Waals surface area contributed by atoms with Crippen molar-refractivity contribution in [3.63, 3.8) is 0 Å². The molecule has 1 aromatic carbocycles. The van der Waals surface area contributed by atoms with Crippen LogP contribution in [0, 0.1) is 12.3 Å². The van der Waals surface area contributed by atoms with Gasteiger partial charge in [0.25, 0.3) is 0 Å². The average molecular weight is 383 g/mol. The zero-order valence-corrected chi connectivity index (χ0v) is 16.8. The standard InChI is InChI=1S/C20H26BClF2O2/c1-12-6-14(13-8-19(9-13)10-20(23,24)11-19)16(22)7-15(12)21-25-17(2,3)18(4,5)26-21/h6-7,13H,8-11H2,1-5H3. The van der Waals surface area contributed by atoms with Crippen molar-refractivity contribution in [2.75, 3.05) is 0 Å². The van der Waals surface area contributed by atoms with Gasteiger partial charge in [-0.1, -0.05) is 23.2 Å². The lowest BCUT2D eigenvalue weighted by Gasteiger charge is -2.57. The summed E-state index contributed by atoms with van der Waals surface area (Å²) in [7, 11) is -0.440. The van der Waals surface area contributed by atoms with Gasteiger partial charge in [0.2, 0.25) is 5.92 Å². The Bertz CT molecular complexity index is 730. The van der Waals surface area contributed by atoms with E-state index >= 15 is 0 Å². The van der Waals surface area contributed by atoms with Gasteiger partial charge in [0.05, 0.1) is 11.2 Å². The number of benzene rings is 1. The molecule has 2 nitrogen and oxygen atoms in total. The molecule has 0 unspecified atom stereocenters. The third-order valence-electron chi connectivity index (χ3n) is 6.96. The SMILES string of the molecule is Cc1cc(C2CC3(C2)CC(F)(F)C3)c(Cl)cc1B1OC(C)(C)C(C)(C)O1. The van der Waals surface area contributed by atoms with Crippen molar-refractivity contribution >= 4 is 24.2 Å². The topological polar surface area (TPSA) is 18.5 Å². The Hall–Kier alpha value is -0.645. The normalized spacial score (nSPS) is 28.1. The van der Waals surface area contributed by atoms with E-state index in [0.717, 1.165) is 29.4 Å². The van der Waals surface area contributed by atoms with E-state index in [4.69, 9.17) is 20.9 Å². The second-order valence-corrected chi connectivity index (χ2v) is 10.0. The highest BCUT2D eigenvalue weighted by atomic mass is 35.5. The summed E-state index contributed by atoms with van der Waals surface area (Å²) in [5, 5.41) is 0.686. The van der Waals surface area contributed by atoms with E-state index in [2.05, 4.69) is 6.07 Å². The third-order valence-corrected chi connectivity index (χ3v) is 7.29. The highest BCUT2D eigenvalue weighted by Crippen LogP contribution is 2.67. The van der Waals surface area contributed by atoms with E-state index in [1.807, 2.05) is 40.7 Å². The van der Waals surface area contributed by atoms with Crippen LogP contribution in [0.3, 0.4) is 0 Å². The highest BCUT2D eigenvalue weighted by molar-refractivity contribution is 6.63. The predicted octanol–water partition coefficient (Wildman–Crippen LogP) is 5.24. The summed E-state index contributed by atoms with van der Waals surface area (Å²) in [6, 6.07) is 4.03. The number of hydrogen-bond donors (Lipinski definition) is 0. The monoisotopic (exact) mass is 382 g/mol. The molecule has 0 amide bonds. The molecule has 2 saturated carbocycles. The van der Waals surface area contributed by atoms with Crippen LogP contribution < -0.4 is 5.46 Å². The predicted molar refractivity (Wildman–Crippen MR) is 100 cm³/mol. The van der Waals surface area contributed by atoms with Gasteiger partial charge in [-0.25, -0.2) is 8.78 Å². The first-order chi connectivity index (χ1) is 11.8. The Morgan fingerprint density at radius 1 is 1.04 bits per heavy atom. The van der Waals surface area contributed by atoms with Crippen LogP contribution in [0.15, 0.2) is 12.1 Å². The fourth-order valence-electron chi connectivity index (χ4n) is 4.80. The van der Waals surface area contributed by atoms with Crippen molar-refractivity contribution in [3.05, 3.63) is 28.3 Å². The number of aryl methyl sites for hydroxylation is 1. The Balaban J connectivity index is 1.52. The van der Waals surface area contributed by atoms with E-state index in [1.54, 1.807) is 0 Å². The van der Waals surface area contributed by atoms with Crippen LogP contribution in [0.5, 0.6) is 0 Å². The minimum absolute atomic E-state index is 0.0408. The maximum Gasteiger partial charge on any atom is 0.495 e. The van der Waals surface area contributed by atoms with Crippen LogP contribution in [0.1, 0.15) is 70.4 Å². The van der Waals surface area contributed by atoms with Crippen LogP contribution in [0.25, 0.3) is 0 Å². The Morgan fingerprint density at radius 2 is 1.58 bits per heavy atom. The lowest BCUT2D eigenvalue weighted by molar-refractivity contribution is -0.196. The van der Waals surface area contributed by atoms with Crippen LogP contribution in [0.4, 0.5) is 8.78 Å². The molecule has 1 spiro atoms. The molecule has 1 heterocycles. The van der Waals surface area contributed by atoms with Crippen LogP contribution in [-0.2, 0) is 9.31 Å². The molecule has 26 heavy (non-hydrogen) atoms. The number of rotatable bonds is 2. The first kappa shape index (κ1) is 18.7. The number of halogens is 3. The molecular formula is C20H26BClF2O2. The molecule has 0 radical (unpaired) electrons. The largest absolute Gasteiger partial charge is 0.495 e. The summed E-state index contributed by atoms with van der Waals surface area (Å²) in [4.78, 5) is 0. The lowest BCUT2D eigenvalue weighted by Crippen LogP contribution is -2.52. The van der Waals surface area contributed by atoms with E-state index in [9.17, 15) is 8.78 Å². The second kappa shape index (κ2) is 5.45. The minimum Gasteiger partial charge on any atom is -0.399 e. The quantitative estimate of drug-likeness (QED) is 0.651. The van der Waals surface area contributed by atoms with Gasteiger partial charge in [0.1, 0.15) is 0 Å². The van der Waals surface area contributed by atoms with Crippen molar-refractivity contribution in [2.45, 2.75) is 83.3 Å². The smallest absolute Gasteiger partial charge is 0.399 e. The molecule has 6 heteroatoms. The summed E-state index contributed by atoms with van der Waals surface area (Å²) >= 11 is 6.58. The van der Waals surface area contributed by atoms with Crippen LogP contribution in [0.2, 0.25) is 5.02 Å². The minimum atomic E-state index is -2.45. The highest BCUT2D eigenvalue weighted by Gasteiger charge is 2.62. The number of alkyl halides is 2. The molecule has 3 fully saturated rings. The zero-order chi connectivity index (χ0) is 19.1. The fourth-order valence-corrected chi connectivity index (χ4v) is 5.12. The summed E-state index contributed by atoms with van der Waals surface area (Å²) < 4.78 is 38.7. The molecule has 0 atom stereocenters. The van der Waals surface area contributed by atoms with Gasteiger partial charge in [0.15, 0.2) is 0 Å². The van der Waals surface area contributed by atoms with Gasteiger partial charge in [-0.2, -0.15) is 0 Å². The Kier molecular flexibility index (Phi) is 3.92. The molecule has 1 saturated heterocycles. The van der Waals surface area contributed by atoms with Crippen molar-refractivity contribution in [3.8, 4) is 0 Å². The van der Waals surface area contributed by atoms with E-state index in [-0.39, 0.29) is 24.2 Å². The maximum atomic E-state index is 13.2. The molecule has 4 rings (SSSR count). The van der Waals surface area contributed by atoms with Crippen molar-refractivity contribution < 1.29 is 18.1 Å². The van der Waals surface area contributed by atoms with Crippen molar-refractivity contribution in [2.24, 2.45) is 5.41 Å². The molecular weight excluding hydrogens is 356 g/mol. The fraction of sp³-hybridized carbons (Fsp3) is 0.700. The van der Waals surface area contributed by atoms with Crippen molar-refractivity contribution in [1.82, 2.24) is 0 Å². The van der Waals surface area contributed by atoms with Crippen molar-refractivity contribution in [1.29, 1.82) is 0 Å². The molecule has 142 valence electrons. The molecule has 1 aromatic rings. The van der Waals surface area contributed by atoms with Crippen LogP contribution >= 0.6 is 11.6 Å².